The average Bonchev–Trinajstić information content (AvgIpc) is 3.23. The largest absolute Gasteiger partial charge is 0.457 e. The molecule has 0 unspecified atom stereocenters. The fraction of sp³-hybridized carbons (Fsp3) is 0.0952. The van der Waals surface area contributed by atoms with Crippen molar-refractivity contribution in [1.82, 2.24) is 10.3 Å². The van der Waals surface area contributed by atoms with Crippen LogP contribution in [0.3, 0.4) is 0 Å². The van der Waals surface area contributed by atoms with E-state index in [0.717, 1.165) is 10.0 Å². The number of amidine groups is 1. The van der Waals surface area contributed by atoms with Crippen LogP contribution < -0.4 is 15.9 Å². The smallest absolute Gasteiger partial charge is 0.276 e. The molecule has 0 bridgehead atoms. The number of rotatable bonds is 2. The number of carbonyl (C=O) groups excluding carboxylic acids is 1. The van der Waals surface area contributed by atoms with Crippen molar-refractivity contribution in [3.63, 3.8) is 0 Å². The van der Waals surface area contributed by atoms with Crippen molar-refractivity contribution in [2.75, 3.05) is 6.26 Å². The van der Waals surface area contributed by atoms with E-state index in [4.69, 9.17) is 9.41 Å². The molecule has 0 aliphatic carbocycles. The van der Waals surface area contributed by atoms with Gasteiger partial charge < -0.3 is 4.42 Å². The first-order valence-electron chi connectivity index (χ1n) is 9.00. The first kappa shape index (κ1) is 19.1. The van der Waals surface area contributed by atoms with Crippen LogP contribution in [0.4, 0.5) is 4.39 Å². The summed E-state index contributed by atoms with van der Waals surface area (Å²) in [7, 11) is 0. The highest BCUT2D eigenvalue weighted by molar-refractivity contribution is 9.10. The Morgan fingerprint density at radius 3 is 2.73 bits per heavy atom. The normalized spacial score (nSPS) is 17.6. The Balaban J connectivity index is 1.66. The van der Waals surface area contributed by atoms with Crippen molar-refractivity contribution in [2.24, 2.45) is 10.1 Å². The zero-order valence-corrected chi connectivity index (χ0v) is 18.0. The molecule has 150 valence electrons. The number of nitrogens with zero attached hydrogens (tertiary/aromatic N) is 3. The highest BCUT2D eigenvalue weighted by atomic mass is 79.9. The number of furan rings is 1. The molecule has 2 aromatic carbocycles. The number of fused-ring (bicyclic) bond motifs is 2. The lowest BCUT2D eigenvalue weighted by atomic mass is 10.1. The molecule has 2 aliphatic rings. The molecule has 9 heteroatoms. The molecule has 0 saturated heterocycles. The van der Waals surface area contributed by atoms with Gasteiger partial charge in [0, 0.05) is 15.3 Å². The lowest BCUT2D eigenvalue weighted by molar-refractivity contribution is -0.116. The zero-order chi connectivity index (χ0) is 20.8. The molecular formula is C21H14BrFN4O2S. The van der Waals surface area contributed by atoms with Gasteiger partial charge in [-0.15, -0.1) is 5.10 Å². The fourth-order valence-corrected chi connectivity index (χ4v) is 4.12. The van der Waals surface area contributed by atoms with E-state index in [1.54, 1.807) is 29.3 Å². The minimum absolute atomic E-state index is 0.251. The summed E-state index contributed by atoms with van der Waals surface area (Å²) in [5, 5.41) is 10.8. The SMILES string of the molecule is CSC1=NN2C(=c3cc(Br)ccc3=N[C@@H]2c2ccc(-c3ccc(F)cc3)o2)C(=O)N1. The van der Waals surface area contributed by atoms with Crippen LogP contribution in [0.5, 0.6) is 0 Å². The maximum absolute atomic E-state index is 13.2. The van der Waals surface area contributed by atoms with E-state index in [1.165, 1.54) is 23.9 Å². The lowest BCUT2D eigenvalue weighted by Gasteiger charge is -2.32. The molecule has 0 spiro atoms. The van der Waals surface area contributed by atoms with Crippen molar-refractivity contribution in [1.29, 1.82) is 0 Å². The van der Waals surface area contributed by atoms with Gasteiger partial charge in [-0.1, -0.05) is 27.7 Å². The molecule has 1 N–H and O–H groups in total. The Morgan fingerprint density at radius 2 is 1.97 bits per heavy atom. The Morgan fingerprint density at radius 1 is 1.17 bits per heavy atom. The van der Waals surface area contributed by atoms with Crippen LogP contribution in [-0.4, -0.2) is 22.3 Å². The summed E-state index contributed by atoms with van der Waals surface area (Å²) in [5.41, 5.74) is 1.15. The van der Waals surface area contributed by atoms with Crippen LogP contribution in [-0.2, 0) is 4.79 Å². The van der Waals surface area contributed by atoms with Gasteiger partial charge in [-0.25, -0.2) is 14.4 Å². The van der Waals surface area contributed by atoms with E-state index in [9.17, 15) is 9.18 Å². The summed E-state index contributed by atoms with van der Waals surface area (Å²) in [4.78, 5) is 17.7. The number of benzene rings is 2. The van der Waals surface area contributed by atoms with Crippen molar-refractivity contribution in [2.45, 2.75) is 6.17 Å². The molecule has 1 amide bonds. The van der Waals surface area contributed by atoms with Gasteiger partial charge >= 0.3 is 0 Å². The van der Waals surface area contributed by atoms with E-state index < -0.39 is 6.17 Å². The zero-order valence-electron chi connectivity index (χ0n) is 15.6. The number of halogens is 2. The summed E-state index contributed by atoms with van der Waals surface area (Å²) in [6.07, 6.45) is 1.20. The van der Waals surface area contributed by atoms with Crippen molar-refractivity contribution < 1.29 is 13.6 Å². The molecular weight excluding hydrogens is 471 g/mol. The number of nitrogens with one attached hydrogen (secondary N) is 1. The number of carbonyl (C=O) groups is 1. The fourth-order valence-electron chi connectivity index (χ4n) is 3.39. The molecule has 0 saturated carbocycles. The maximum Gasteiger partial charge on any atom is 0.276 e. The first-order valence-corrected chi connectivity index (χ1v) is 11.0. The monoisotopic (exact) mass is 484 g/mol. The van der Waals surface area contributed by atoms with Gasteiger partial charge in [-0.2, -0.15) is 0 Å². The number of amides is 1. The highest BCUT2D eigenvalue weighted by Crippen LogP contribution is 2.34. The molecule has 3 heterocycles. The minimum atomic E-state index is -0.643. The van der Waals surface area contributed by atoms with Crippen LogP contribution >= 0.6 is 27.7 Å². The second-order valence-electron chi connectivity index (χ2n) is 6.63. The summed E-state index contributed by atoms with van der Waals surface area (Å²) in [6.45, 7) is 0. The Hall–Kier alpha value is -2.91. The molecule has 0 fully saturated rings. The van der Waals surface area contributed by atoms with Crippen LogP contribution in [0.25, 0.3) is 17.0 Å². The topological polar surface area (TPSA) is 70.2 Å². The van der Waals surface area contributed by atoms with Crippen LogP contribution in [0.2, 0.25) is 0 Å². The van der Waals surface area contributed by atoms with E-state index in [2.05, 4.69) is 26.3 Å². The molecule has 1 aromatic heterocycles. The van der Waals surface area contributed by atoms with Gasteiger partial charge in [0.2, 0.25) is 6.17 Å². The van der Waals surface area contributed by atoms with E-state index in [-0.39, 0.29) is 11.7 Å². The third-order valence-electron chi connectivity index (χ3n) is 4.77. The molecule has 0 radical (unpaired) electrons. The summed E-state index contributed by atoms with van der Waals surface area (Å²) < 4.78 is 20.1. The third kappa shape index (κ3) is 3.23. The quantitative estimate of drug-likeness (QED) is 0.605. The van der Waals surface area contributed by atoms with Crippen LogP contribution in [0.1, 0.15) is 11.9 Å². The molecule has 6 nitrogen and oxygen atoms in total. The number of hydrogen-bond donors (Lipinski definition) is 1. The van der Waals surface area contributed by atoms with Crippen LogP contribution in [0.15, 0.2) is 73.6 Å². The first-order chi connectivity index (χ1) is 14.5. The highest BCUT2D eigenvalue weighted by Gasteiger charge is 2.35. The van der Waals surface area contributed by atoms with E-state index >= 15 is 0 Å². The Labute approximate surface area is 183 Å². The number of hydrazone groups is 1. The van der Waals surface area contributed by atoms with Gasteiger partial charge in [0.25, 0.3) is 5.91 Å². The molecule has 30 heavy (non-hydrogen) atoms. The van der Waals surface area contributed by atoms with Gasteiger partial charge in [-0.3, -0.25) is 10.1 Å². The van der Waals surface area contributed by atoms with Gasteiger partial charge in [0.15, 0.2) is 10.9 Å². The van der Waals surface area contributed by atoms with Gasteiger partial charge in [-0.05, 0) is 60.9 Å². The standard InChI is InChI=1S/C21H14BrFN4O2S/c1-30-21-25-20(28)18-14-10-12(22)4-7-15(14)24-19(27(18)26-21)17-9-8-16(29-17)11-2-5-13(23)6-3-11/h2-10,19H,1H3,(H,25,26,28)/t19-/m0/s1. The second kappa shape index (κ2) is 7.41. The van der Waals surface area contributed by atoms with Crippen molar-refractivity contribution in [3.8, 4) is 11.3 Å². The van der Waals surface area contributed by atoms with E-state index in [0.29, 0.717) is 33.0 Å². The molecule has 2 aliphatic heterocycles. The third-order valence-corrected chi connectivity index (χ3v) is 5.84. The molecule has 5 rings (SSSR count). The van der Waals surface area contributed by atoms with E-state index in [1.807, 2.05) is 24.5 Å². The minimum Gasteiger partial charge on any atom is -0.457 e. The summed E-state index contributed by atoms with van der Waals surface area (Å²) >= 11 is 4.79. The predicted octanol–water partition coefficient (Wildman–Crippen LogP) is 3.35. The number of thioether (sulfide) groups is 1. The summed E-state index contributed by atoms with van der Waals surface area (Å²) in [5.74, 6) is 0.546. The predicted molar refractivity (Wildman–Crippen MR) is 116 cm³/mol. The van der Waals surface area contributed by atoms with Gasteiger partial charge in [0.05, 0.1) is 5.36 Å². The lowest BCUT2D eigenvalue weighted by Crippen LogP contribution is -2.50. The van der Waals surface area contributed by atoms with Gasteiger partial charge in [0.1, 0.15) is 17.3 Å². The summed E-state index contributed by atoms with van der Waals surface area (Å²) in [6, 6.07) is 15.2. The van der Waals surface area contributed by atoms with Crippen molar-refractivity contribution in [3.05, 3.63) is 81.2 Å². The number of hydrogen-bond acceptors (Lipinski definition) is 6. The van der Waals surface area contributed by atoms with Crippen LogP contribution in [0, 0.1) is 5.82 Å². The van der Waals surface area contributed by atoms with Crippen molar-refractivity contribution >= 4 is 44.5 Å². The Kier molecular flexibility index (Phi) is 4.71. The molecule has 3 aromatic rings. The Bertz CT molecular complexity index is 1320. The molecule has 1 atom stereocenters. The second-order valence-corrected chi connectivity index (χ2v) is 8.34. The maximum atomic E-state index is 13.2. The average molecular weight is 485 g/mol.